The molecular formula is C12H13F4N5OS. The van der Waals surface area contributed by atoms with Crippen LogP contribution in [0.1, 0.15) is 18.8 Å². The summed E-state index contributed by atoms with van der Waals surface area (Å²) < 4.78 is 54.2. The van der Waals surface area contributed by atoms with E-state index in [0.717, 1.165) is 18.2 Å². The van der Waals surface area contributed by atoms with Crippen molar-refractivity contribution >= 4 is 17.2 Å². The fourth-order valence-electron chi connectivity index (χ4n) is 2.17. The number of aromatic nitrogens is 3. The lowest BCUT2D eigenvalue weighted by Crippen LogP contribution is -2.43. The van der Waals surface area contributed by atoms with Crippen LogP contribution in [0.2, 0.25) is 0 Å². The van der Waals surface area contributed by atoms with Crippen molar-refractivity contribution in [1.29, 1.82) is 0 Å². The van der Waals surface area contributed by atoms with Gasteiger partial charge in [-0.1, -0.05) is 18.3 Å². The van der Waals surface area contributed by atoms with Crippen LogP contribution < -0.4 is 17.2 Å². The third-order valence-corrected chi connectivity index (χ3v) is 3.69. The molecule has 0 aromatic carbocycles. The largest absolute Gasteiger partial charge is 0.451 e. The number of alkyl halides is 4. The molecule has 0 spiro atoms. The van der Waals surface area contributed by atoms with Gasteiger partial charge in [-0.2, -0.15) is 13.2 Å². The predicted molar refractivity (Wildman–Crippen MR) is 78.2 cm³/mol. The fourth-order valence-corrected chi connectivity index (χ4v) is 2.35. The van der Waals surface area contributed by atoms with E-state index < -0.39 is 40.1 Å². The fraction of sp³-hybridized carbons (Fsp3) is 0.417. The van der Waals surface area contributed by atoms with Crippen LogP contribution in [0.15, 0.2) is 28.7 Å². The molecule has 2 unspecified atom stereocenters. The Morgan fingerprint density at radius 1 is 1.52 bits per heavy atom. The van der Waals surface area contributed by atoms with E-state index in [1.54, 1.807) is 0 Å². The molecule has 126 valence electrons. The molecule has 0 saturated carbocycles. The summed E-state index contributed by atoms with van der Waals surface area (Å²) in [6.07, 6.45) is -1.71. The van der Waals surface area contributed by atoms with Crippen LogP contribution in [0.3, 0.4) is 0 Å². The molecular weight excluding hydrogens is 338 g/mol. The molecule has 1 heterocycles. The quantitative estimate of drug-likeness (QED) is 0.482. The monoisotopic (exact) mass is 351 g/mol. The molecule has 0 amide bonds. The van der Waals surface area contributed by atoms with Crippen molar-refractivity contribution in [1.82, 2.24) is 14.3 Å². The van der Waals surface area contributed by atoms with E-state index in [1.165, 1.54) is 6.92 Å². The second kappa shape index (κ2) is 5.48. The van der Waals surface area contributed by atoms with Crippen molar-refractivity contribution in [2.24, 2.45) is 11.5 Å². The van der Waals surface area contributed by atoms with Crippen molar-refractivity contribution < 1.29 is 17.6 Å². The summed E-state index contributed by atoms with van der Waals surface area (Å²) >= 11 is 4.57. The van der Waals surface area contributed by atoms with Crippen molar-refractivity contribution in [3.05, 3.63) is 40.2 Å². The minimum atomic E-state index is -4.79. The minimum absolute atomic E-state index is 0.219. The number of thiocarbonyl (C=S) groups is 1. The molecule has 1 aromatic rings. The summed E-state index contributed by atoms with van der Waals surface area (Å²) in [6, 6.07) is -1.07. The van der Waals surface area contributed by atoms with Crippen LogP contribution in [0, 0.1) is 0 Å². The van der Waals surface area contributed by atoms with Crippen LogP contribution in [0.5, 0.6) is 0 Å². The molecule has 1 aliphatic carbocycles. The highest BCUT2D eigenvalue weighted by atomic mass is 32.1. The van der Waals surface area contributed by atoms with E-state index in [0.29, 0.717) is 9.25 Å². The van der Waals surface area contributed by atoms with E-state index >= 15 is 0 Å². The summed E-state index contributed by atoms with van der Waals surface area (Å²) in [5.41, 5.74) is 7.03. The first-order valence-corrected chi connectivity index (χ1v) is 6.85. The SMILES string of the molecule is CCn1c(C(F)(F)F)nn(C2C=CC(F)(C(N)=S)C(N)=C2)c1=O. The lowest BCUT2D eigenvalue weighted by atomic mass is 9.94. The number of hydrogen-bond acceptors (Lipinski definition) is 4. The summed E-state index contributed by atoms with van der Waals surface area (Å²) in [6.45, 7) is 1.16. The Kier molecular flexibility index (Phi) is 4.09. The van der Waals surface area contributed by atoms with E-state index in [1.807, 2.05) is 0 Å². The Hall–Kier alpha value is -2.17. The van der Waals surface area contributed by atoms with Crippen molar-refractivity contribution in [3.63, 3.8) is 0 Å². The van der Waals surface area contributed by atoms with E-state index in [2.05, 4.69) is 17.3 Å². The Morgan fingerprint density at radius 2 is 2.13 bits per heavy atom. The van der Waals surface area contributed by atoms with Gasteiger partial charge in [-0.15, -0.1) is 5.10 Å². The highest BCUT2D eigenvalue weighted by Gasteiger charge is 2.41. The average Bonchev–Trinajstić information content (AvgIpc) is 2.78. The number of nitrogens with two attached hydrogens (primary N) is 2. The lowest BCUT2D eigenvalue weighted by molar-refractivity contribution is -0.147. The van der Waals surface area contributed by atoms with Gasteiger partial charge in [-0.3, -0.25) is 4.57 Å². The summed E-state index contributed by atoms with van der Waals surface area (Å²) in [5.74, 6) is -1.34. The maximum atomic E-state index is 14.4. The highest BCUT2D eigenvalue weighted by Crippen LogP contribution is 2.30. The molecule has 0 aliphatic heterocycles. The molecule has 0 bridgehead atoms. The molecule has 2 atom stereocenters. The van der Waals surface area contributed by atoms with Gasteiger partial charge in [0.25, 0.3) is 0 Å². The molecule has 0 fully saturated rings. The number of allylic oxidation sites excluding steroid dienone is 2. The van der Waals surface area contributed by atoms with Crippen molar-refractivity contribution in [3.8, 4) is 0 Å². The zero-order valence-corrected chi connectivity index (χ0v) is 12.7. The van der Waals surface area contributed by atoms with Gasteiger partial charge in [0, 0.05) is 6.54 Å². The maximum absolute atomic E-state index is 14.4. The number of hydrogen-bond donors (Lipinski definition) is 2. The van der Waals surface area contributed by atoms with Gasteiger partial charge in [0.15, 0.2) is 0 Å². The zero-order valence-electron chi connectivity index (χ0n) is 11.8. The van der Waals surface area contributed by atoms with E-state index in [-0.39, 0.29) is 6.54 Å². The topological polar surface area (TPSA) is 91.9 Å². The Morgan fingerprint density at radius 3 is 2.52 bits per heavy atom. The van der Waals surface area contributed by atoms with Crippen molar-refractivity contribution in [2.45, 2.75) is 31.4 Å². The van der Waals surface area contributed by atoms with Crippen LogP contribution in [-0.4, -0.2) is 25.0 Å². The van der Waals surface area contributed by atoms with Crippen LogP contribution in [-0.2, 0) is 12.7 Å². The van der Waals surface area contributed by atoms with Gasteiger partial charge in [0.1, 0.15) is 4.99 Å². The molecule has 6 nitrogen and oxygen atoms in total. The van der Waals surface area contributed by atoms with E-state index in [4.69, 9.17) is 11.5 Å². The van der Waals surface area contributed by atoms with Crippen molar-refractivity contribution in [2.75, 3.05) is 0 Å². The smallest absolute Gasteiger partial charge is 0.399 e. The molecule has 1 aliphatic rings. The van der Waals surface area contributed by atoms with Gasteiger partial charge in [0.2, 0.25) is 11.5 Å². The summed E-state index contributed by atoms with van der Waals surface area (Å²) in [5, 5.41) is 3.31. The third-order valence-electron chi connectivity index (χ3n) is 3.39. The third kappa shape index (κ3) is 2.76. The number of nitrogens with zero attached hydrogens (tertiary/aromatic N) is 3. The molecule has 4 N–H and O–H groups in total. The summed E-state index contributed by atoms with van der Waals surface area (Å²) in [4.78, 5) is 11.5. The van der Waals surface area contributed by atoms with E-state index in [9.17, 15) is 22.4 Å². The van der Waals surface area contributed by atoms with Gasteiger partial charge in [-0.05, 0) is 19.1 Å². The van der Waals surface area contributed by atoms with Gasteiger partial charge in [-0.25, -0.2) is 13.9 Å². The normalized spacial score (nSPS) is 24.6. The molecule has 1 aromatic heterocycles. The van der Waals surface area contributed by atoms with Crippen LogP contribution in [0.4, 0.5) is 17.6 Å². The lowest BCUT2D eigenvalue weighted by Gasteiger charge is -2.26. The molecule has 23 heavy (non-hydrogen) atoms. The molecule has 0 radical (unpaired) electrons. The Bertz CT molecular complexity index is 762. The standard InChI is InChI=1S/C12H13F4N5OS/c1-2-20-9(12(14,15)16)19-21(10(20)22)6-3-4-11(13,8(18)23)7(17)5-6/h3-6H,2,17H2,1H3,(H2,18,23). The first-order valence-electron chi connectivity index (χ1n) is 6.44. The van der Waals surface area contributed by atoms with Gasteiger partial charge < -0.3 is 11.5 Å². The maximum Gasteiger partial charge on any atom is 0.451 e. The first-order chi connectivity index (χ1) is 10.5. The van der Waals surface area contributed by atoms with Crippen LogP contribution in [0.25, 0.3) is 0 Å². The minimum Gasteiger partial charge on any atom is -0.399 e. The highest BCUT2D eigenvalue weighted by molar-refractivity contribution is 7.80. The Balaban J connectivity index is 2.52. The molecule has 11 heteroatoms. The number of rotatable bonds is 3. The second-order valence-corrected chi connectivity index (χ2v) is 5.28. The second-order valence-electron chi connectivity index (χ2n) is 4.84. The Labute approximate surface area is 133 Å². The van der Waals surface area contributed by atoms with Gasteiger partial charge >= 0.3 is 11.9 Å². The van der Waals surface area contributed by atoms with Crippen LogP contribution >= 0.6 is 12.2 Å². The number of halogens is 4. The predicted octanol–water partition coefficient (Wildman–Crippen LogP) is 1.03. The zero-order chi connectivity index (χ0) is 17.6. The average molecular weight is 351 g/mol. The molecule has 2 rings (SSSR count). The van der Waals surface area contributed by atoms with Gasteiger partial charge in [0.05, 0.1) is 11.7 Å². The first kappa shape index (κ1) is 17.2. The molecule has 0 saturated heterocycles. The summed E-state index contributed by atoms with van der Waals surface area (Å²) in [7, 11) is 0.